The van der Waals surface area contributed by atoms with Gasteiger partial charge in [0.05, 0.1) is 0 Å². The molecule has 4 heteroatoms. The molecule has 22 heavy (non-hydrogen) atoms. The van der Waals surface area contributed by atoms with Crippen molar-refractivity contribution in [1.82, 2.24) is 4.90 Å². The second-order valence-electron chi connectivity index (χ2n) is 6.29. The minimum Gasteiger partial charge on any atom is -0.381 e. The first-order chi connectivity index (χ1) is 10.5. The van der Waals surface area contributed by atoms with Gasteiger partial charge in [0.1, 0.15) is 5.60 Å². The third-order valence-corrected chi connectivity index (χ3v) is 6.04. The monoisotopic (exact) mass is 406 g/mol. The number of fused-ring (bicyclic) bond motifs is 3. The van der Waals surface area contributed by atoms with Gasteiger partial charge in [0, 0.05) is 28.4 Å². The van der Waals surface area contributed by atoms with E-state index in [0.29, 0.717) is 0 Å². The quantitative estimate of drug-likeness (QED) is 0.738. The molecule has 4 rings (SSSR count). The first-order valence-corrected chi connectivity index (χ1v) is 8.63. The van der Waals surface area contributed by atoms with Gasteiger partial charge in [-0.05, 0) is 59.8 Å². The third-order valence-electron chi connectivity index (χ3n) is 5.37. The Bertz CT molecular complexity index is 735. The second kappa shape index (κ2) is 4.69. The molecule has 0 radical (unpaired) electrons. The molecule has 1 N–H and O–H groups in total. The highest BCUT2D eigenvalue weighted by atomic mass is 127. The van der Waals surface area contributed by atoms with E-state index in [1.807, 2.05) is 6.07 Å². The largest absolute Gasteiger partial charge is 0.381 e. The maximum absolute atomic E-state index is 11.8. The third kappa shape index (κ3) is 1.53. The van der Waals surface area contributed by atoms with E-state index in [1.165, 1.54) is 0 Å². The van der Waals surface area contributed by atoms with E-state index in [1.54, 1.807) is 0 Å². The van der Waals surface area contributed by atoms with Gasteiger partial charge in [-0.3, -0.25) is 4.90 Å². The van der Waals surface area contributed by atoms with Crippen molar-refractivity contribution in [2.24, 2.45) is 0 Å². The summed E-state index contributed by atoms with van der Waals surface area (Å²) in [7, 11) is 4.21. The van der Waals surface area contributed by atoms with Crippen LogP contribution in [0, 0.1) is 3.57 Å². The maximum atomic E-state index is 11.8. The topological polar surface area (TPSA) is 26.7 Å². The van der Waals surface area contributed by atoms with E-state index in [0.717, 1.165) is 33.4 Å². The zero-order valence-electron chi connectivity index (χ0n) is 12.8. The lowest BCUT2D eigenvalue weighted by molar-refractivity contribution is -0.0535. The summed E-state index contributed by atoms with van der Waals surface area (Å²) in [4.78, 5) is 4.54. The summed E-state index contributed by atoms with van der Waals surface area (Å²) in [5.41, 5.74) is 1.91. The van der Waals surface area contributed by atoms with Crippen LogP contribution in [0.4, 0.5) is 5.69 Å². The van der Waals surface area contributed by atoms with Gasteiger partial charge in [-0.1, -0.05) is 30.3 Å². The van der Waals surface area contributed by atoms with Crippen molar-refractivity contribution < 1.29 is 5.11 Å². The zero-order valence-corrected chi connectivity index (χ0v) is 14.9. The maximum Gasteiger partial charge on any atom is 0.153 e. The number of anilines is 1. The van der Waals surface area contributed by atoms with Gasteiger partial charge in [0.2, 0.25) is 0 Å². The molecule has 0 aliphatic carbocycles. The highest BCUT2D eigenvalue weighted by Crippen LogP contribution is 2.61. The molecule has 2 aliphatic heterocycles. The van der Waals surface area contributed by atoms with Crippen molar-refractivity contribution in [3.05, 3.63) is 63.2 Å². The fraction of sp³-hybridized carbons (Fsp3) is 0.333. The van der Waals surface area contributed by atoms with E-state index in [-0.39, 0.29) is 0 Å². The molecule has 2 aliphatic rings. The molecule has 2 aromatic rings. The molecule has 0 bridgehead atoms. The Morgan fingerprint density at radius 2 is 1.82 bits per heavy atom. The van der Waals surface area contributed by atoms with Gasteiger partial charge in [0.15, 0.2) is 5.66 Å². The number of hydrogen-bond acceptors (Lipinski definition) is 3. The molecule has 114 valence electrons. The highest BCUT2D eigenvalue weighted by molar-refractivity contribution is 14.1. The van der Waals surface area contributed by atoms with Gasteiger partial charge >= 0.3 is 0 Å². The van der Waals surface area contributed by atoms with Crippen LogP contribution in [0.15, 0.2) is 48.5 Å². The fourth-order valence-corrected chi connectivity index (χ4v) is 4.96. The molecule has 0 aromatic heterocycles. The summed E-state index contributed by atoms with van der Waals surface area (Å²) in [5.74, 6) is 0. The summed E-state index contributed by atoms with van der Waals surface area (Å²) < 4.78 is 1.16. The molecule has 2 heterocycles. The Morgan fingerprint density at radius 3 is 2.55 bits per heavy atom. The van der Waals surface area contributed by atoms with Crippen molar-refractivity contribution in [2.45, 2.75) is 17.7 Å². The molecule has 2 aromatic carbocycles. The predicted molar refractivity (Wildman–Crippen MR) is 96.8 cm³/mol. The average molecular weight is 406 g/mol. The van der Waals surface area contributed by atoms with Crippen molar-refractivity contribution >= 4 is 28.3 Å². The van der Waals surface area contributed by atoms with Crippen LogP contribution in [0.25, 0.3) is 0 Å². The van der Waals surface area contributed by atoms with Gasteiger partial charge in [0.25, 0.3) is 0 Å². The number of benzene rings is 2. The Balaban J connectivity index is 2.04. The first kappa shape index (κ1) is 14.5. The second-order valence-corrected chi connectivity index (χ2v) is 7.54. The lowest BCUT2D eigenvalue weighted by Gasteiger charge is -2.46. The molecule has 1 fully saturated rings. The summed E-state index contributed by atoms with van der Waals surface area (Å²) in [6.45, 7) is 0.876. The van der Waals surface area contributed by atoms with Crippen LogP contribution in [0.5, 0.6) is 0 Å². The minimum absolute atomic E-state index is 0.527. The number of halogens is 1. The van der Waals surface area contributed by atoms with Crippen molar-refractivity contribution in [2.75, 3.05) is 25.5 Å². The van der Waals surface area contributed by atoms with Crippen molar-refractivity contribution in [3.8, 4) is 0 Å². The highest BCUT2D eigenvalue weighted by Gasteiger charge is 2.66. The summed E-state index contributed by atoms with van der Waals surface area (Å²) in [5, 5.41) is 11.8. The molecule has 0 unspecified atom stereocenters. The SMILES string of the molecule is CN1CC[C@]2(O)c3cc(I)ccc3N(C)[C@]12c1ccccc1. The molecule has 1 saturated heterocycles. The predicted octanol–water partition coefficient (Wildman–Crippen LogP) is 3.12. The number of hydrogen-bond donors (Lipinski definition) is 1. The Morgan fingerprint density at radius 1 is 1.09 bits per heavy atom. The van der Waals surface area contributed by atoms with Gasteiger partial charge in [-0.25, -0.2) is 0 Å². The smallest absolute Gasteiger partial charge is 0.153 e. The van der Waals surface area contributed by atoms with Crippen LogP contribution in [0.2, 0.25) is 0 Å². The van der Waals surface area contributed by atoms with E-state index in [4.69, 9.17) is 0 Å². The molecule has 3 nitrogen and oxygen atoms in total. The lowest BCUT2D eigenvalue weighted by Crippen LogP contribution is -2.58. The number of nitrogens with zero attached hydrogens (tertiary/aromatic N) is 2. The summed E-state index contributed by atoms with van der Waals surface area (Å²) in [6, 6.07) is 16.8. The molecular formula is C18H19IN2O. The molecule has 0 spiro atoms. The molecular weight excluding hydrogens is 387 g/mol. The Kier molecular flexibility index (Phi) is 3.09. The van der Waals surface area contributed by atoms with Crippen LogP contribution in [-0.4, -0.2) is 30.6 Å². The zero-order chi connectivity index (χ0) is 15.5. The number of likely N-dealkylation sites (N-methyl/N-ethyl adjacent to an activating group) is 2. The lowest BCUT2D eigenvalue weighted by atomic mass is 9.80. The number of aliphatic hydroxyl groups is 1. The van der Waals surface area contributed by atoms with Crippen LogP contribution in [0.1, 0.15) is 17.5 Å². The van der Waals surface area contributed by atoms with E-state index in [2.05, 4.69) is 89.0 Å². The van der Waals surface area contributed by atoms with E-state index < -0.39 is 11.3 Å². The van der Waals surface area contributed by atoms with Crippen LogP contribution in [0.3, 0.4) is 0 Å². The van der Waals surface area contributed by atoms with Crippen LogP contribution in [-0.2, 0) is 11.3 Å². The average Bonchev–Trinajstić information content (AvgIpc) is 2.90. The van der Waals surface area contributed by atoms with Crippen molar-refractivity contribution in [3.63, 3.8) is 0 Å². The Labute approximate surface area is 144 Å². The van der Waals surface area contributed by atoms with Gasteiger partial charge < -0.3 is 10.0 Å². The Hall–Kier alpha value is -1.11. The first-order valence-electron chi connectivity index (χ1n) is 7.55. The summed E-state index contributed by atoms with van der Waals surface area (Å²) >= 11 is 2.32. The standard InChI is InChI=1S/C18H19IN2O/c1-20-11-10-17(22)15-12-14(19)8-9-16(15)21(2)18(17,20)13-6-4-3-5-7-13/h3-9,12,22H,10-11H2,1-2H3/t17-,18-/m0/s1. The van der Waals surface area contributed by atoms with Crippen LogP contribution < -0.4 is 4.90 Å². The van der Waals surface area contributed by atoms with Crippen LogP contribution >= 0.6 is 22.6 Å². The fourth-order valence-electron chi connectivity index (χ4n) is 4.47. The van der Waals surface area contributed by atoms with Gasteiger partial charge in [-0.2, -0.15) is 0 Å². The minimum atomic E-state index is -0.881. The van der Waals surface area contributed by atoms with Gasteiger partial charge in [-0.15, -0.1) is 0 Å². The molecule has 2 atom stereocenters. The summed E-state index contributed by atoms with van der Waals surface area (Å²) in [6.07, 6.45) is 0.746. The molecule has 0 amide bonds. The number of likely N-dealkylation sites (tertiary alicyclic amines) is 1. The van der Waals surface area contributed by atoms with E-state index >= 15 is 0 Å². The number of rotatable bonds is 1. The normalized spacial score (nSPS) is 30.5. The molecule has 0 saturated carbocycles. The van der Waals surface area contributed by atoms with E-state index in [9.17, 15) is 5.11 Å². The van der Waals surface area contributed by atoms with Crippen molar-refractivity contribution in [1.29, 1.82) is 0 Å².